The summed E-state index contributed by atoms with van der Waals surface area (Å²) in [5.41, 5.74) is 0.607. The fourth-order valence-corrected chi connectivity index (χ4v) is 3.16. The highest BCUT2D eigenvalue weighted by Crippen LogP contribution is 2.19. The van der Waals surface area contributed by atoms with Crippen molar-refractivity contribution in [3.05, 3.63) is 23.9 Å². The van der Waals surface area contributed by atoms with Gasteiger partial charge in [0.2, 0.25) is 0 Å². The zero-order chi connectivity index (χ0) is 16.8. The van der Waals surface area contributed by atoms with Gasteiger partial charge in [-0.15, -0.1) is 0 Å². The number of carbonyl (C=O) groups is 1. The Balaban J connectivity index is 2.10. The van der Waals surface area contributed by atoms with Crippen LogP contribution in [-0.4, -0.2) is 71.7 Å². The predicted octanol–water partition coefficient (Wildman–Crippen LogP) is 1.29. The van der Waals surface area contributed by atoms with Crippen molar-refractivity contribution in [1.82, 2.24) is 14.8 Å². The third-order valence-electron chi connectivity index (χ3n) is 4.23. The Morgan fingerprint density at radius 1 is 1.48 bits per heavy atom. The van der Waals surface area contributed by atoms with E-state index < -0.39 is 0 Å². The topological polar surface area (TPSA) is 68.7 Å². The molecule has 0 aliphatic carbocycles. The molecule has 1 fully saturated rings. The molecule has 0 aromatic carbocycles. The first kappa shape index (κ1) is 17.7. The summed E-state index contributed by atoms with van der Waals surface area (Å²) < 4.78 is 0. The van der Waals surface area contributed by atoms with Crippen LogP contribution in [0.15, 0.2) is 18.3 Å². The molecular formula is C17H28N4O2. The Bertz CT molecular complexity index is 521. The number of pyridine rings is 1. The largest absolute Gasteiger partial charge is 0.396 e. The number of nitrogens with zero attached hydrogens (tertiary/aromatic N) is 3. The van der Waals surface area contributed by atoms with Gasteiger partial charge in [0, 0.05) is 52.1 Å². The van der Waals surface area contributed by atoms with E-state index in [1.54, 1.807) is 19.3 Å². The molecule has 23 heavy (non-hydrogen) atoms. The van der Waals surface area contributed by atoms with Crippen LogP contribution in [0.5, 0.6) is 0 Å². The van der Waals surface area contributed by atoms with E-state index in [2.05, 4.69) is 29.0 Å². The standard InChI is InChI=1S/C17H28N4O2/c1-13(2)11-20-8-9-21(12-14(20)6-10-22)17(23)15-5-4-7-19-16(15)18-3/h4-5,7,13-14,22H,6,8-12H2,1-3H3,(H,18,19). The molecule has 1 unspecified atom stereocenters. The molecule has 0 radical (unpaired) electrons. The summed E-state index contributed by atoms with van der Waals surface area (Å²) in [6.07, 6.45) is 2.38. The lowest BCUT2D eigenvalue weighted by atomic mass is 10.1. The highest BCUT2D eigenvalue weighted by molar-refractivity contribution is 5.98. The summed E-state index contributed by atoms with van der Waals surface area (Å²) in [6.45, 7) is 7.77. The molecule has 1 aromatic rings. The minimum atomic E-state index is 0.00888. The van der Waals surface area contributed by atoms with Crippen molar-refractivity contribution in [3.8, 4) is 0 Å². The number of anilines is 1. The maximum absolute atomic E-state index is 12.8. The van der Waals surface area contributed by atoms with Gasteiger partial charge < -0.3 is 15.3 Å². The molecule has 0 saturated carbocycles. The van der Waals surface area contributed by atoms with E-state index in [1.165, 1.54) is 0 Å². The number of nitrogens with one attached hydrogen (secondary N) is 1. The summed E-state index contributed by atoms with van der Waals surface area (Å²) in [4.78, 5) is 21.3. The van der Waals surface area contributed by atoms with E-state index in [9.17, 15) is 9.90 Å². The number of carbonyl (C=O) groups excluding carboxylic acids is 1. The average Bonchev–Trinajstić information content (AvgIpc) is 2.55. The first-order chi connectivity index (χ1) is 11.1. The Kier molecular flexibility index (Phi) is 6.36. The molecule has 2 rings (SSSR count). The quantitative estimate of drug-likeness (QED) is 0.826. The number of aliphatic hydroxyl groups is 1. The summed E-state index contributed by atoms with van der Waals surface area (Å²) in [7, 11) is 1.77. The van der Waals surface area contributed by atoms with E-state index in [-0.39, 0.29) is 18.6 Å². The summed E-state index contributed by atoms with van der Waals surface area (Å²) in [5, 5.41) is 12.3. The first-order valence-electron chi connectivity index (χ1n) is 8.33. The molecule has 1 aliphatic rings. The lowest BCUT2D eigenvalue weighted by Crippen LogP contribution is -2.55. The van der Waals surface area contributed by atoms with Crippen molar-refractivity contribution >= 4 is 11.7 Å². The summed E-state index contributed by atoms with van der Waals surface area (Å²) in [5.74, 6) is 1.20. The lowest BCUT2D eigenvalue weighted by molar-refractivity contribution is 0.0385. The molecule has 2 N–H and O–H groups in total. The van der Waals surface area contributed by atoms with E-state index in [0.717, 1.165) is 13.1 Å². The van der Waals surface area contributed by atoms with Crippen LogP contribution in [0.2, 0.25) is 0 Å². The molecule has 1 aromatic heterocycles. The number of hydrogen-bond donors (Lipinski definition) is 2. The number of piperazine rings is 1. The van der Waals surface area contributed by atoms with Gasteiger partial charge in [0.25, 0.3) is 5.91 Å². The number of hydrogen-bond acceptors (Lipinski definition) is 5. The van der Waals surface area contributed by atoms with E-state index >= 15 is 0 Å². The molecule has 1 atom stereocenters. The van der Waals surface area contributed by atoms with Crippen LogP contribution in [0.1, 0.15) is 30.6 Å². The number of rotatable bonds is 6. The Morgan fingerprint density at radius 2 is 2.26 bits per heavy atom. The fourth-order valence-electron chi connectivity index (χ4n) is 3.16. The van der Waals surface area contributed by atoms with Crippen LogP contribution in [0, 0.1) is 5.92 Å². The second-order valence-electron chi connectivity index (χ2n) is 6.46. The Labute approximate surface area is 138 Å². The van der Waals surface area contributed by atoms with Crippen molar-refractivity contribution in [2.24, 2.45) is 5.92 Å². The minimum absolute atomic E-state index is 0.00888. The van der Waals surface area contributed by atoms with Crippen molar-refractivity contribution in [1.29, 1.82) is 0 Å². The van der Waals surface area contributed by atoms with Gasteiger partial charge in [0.1, 0.15) is 5.82 Å². The Morgan fingerprint density at radius 3 is 2.91 bits per heavy atom. The maximum atomic E-state index is 12.8. The molecule has 0 spiro atoms. The van der Waals surface area contributed by atoms with Gasteiger partial charge in [-0.25, -0.2) is 4.98 Å². The smallest absolute Gasteiger partial charge is 0.257 e. The van der Waals surface area contributed by atoms with E-state index in [4.69, 9.17) is 0 Å². The lowest BCUT2D eigenvalue weighted by Gasteiger charge is -2.42. The van der Waals surface area contributed by atoms with Crippen LogP contribution in [0.3, 0.4) is 0 Å². The fraction of sp³-hybridized carbons (Fsp3) is 0.647. The molecule has 2 heterocycles. The normalized spacial score (nSPS) is 19.2. The van der Waals surface area contributed by atoms with Gasteiger partial charge in [0.15, 0.2) is 0 Å². The predicted molar refractivity (Wildman–Crippen MR) is 91.6 cm³/mol. The zero-order valence-electron chi connectivity index (χ0n) is 14.3. The molecule has 1 amide bonds. The van der Waals surface area contributed by atoms with Gasteiger partial charge >= 0.3 is 0 Å². The second kappa shape index (κ2) is 8.26. The third kappa shape index (κ3) is 4.42. The maximum Gasteiger partial charge on any atom is 0.257 e. The second-order valence-corrected chi connectivity index (χ2v) is 6.46. The molecular weight excluding hydrogens is 292 g/mol. The van der Waals surface area contributed by atoms with Crippen LogP contribution in [-0.2, 0) is 0 Å². The van der Waals surface area contributed by atoms with Crippen molar-refractivity contribution < 1.29 is 9.90 Å². The van der Waals surface area contributed by atoms with Gasteiger partial charge in [-0.2, -0.15) is 0 Å². The van der Waals surface area contributed by atoms with E-state index in [0.29, 0.717) is 36.8 Å². The molecule has 6 heteroatoms. The van der Waals surface area contributed by atoms with Crippen molar-refractivity contribution in [3.63, 3.8) is 0 Å². The van der Waals surface area contributed by atoms with Crippen LogP contribution in [0.25, 0.3) is 0 Å². The molecule has 1 saturated heterocycles. The summed E-state index contributed by atoms with van der Waals surface area (Å²) in [6, 6.07) is 3.81. The van der Waals surface area contributed by atoms with Gasteiger partial charge in [-0.05, 0) is 24.5 Å². The van der Waals surface area contributed by atoms with Gasteiger partial charge in [0.05, 0.1) is 5.56 Å². The van der Waals surface area contributed by atoms with Crippen molar-refractivity contribution in [2.45, 2.75) is 26.3 Å². The van der Waals surface area contributed by atoms with Crippen LogP contribution < -0.4 is 5.32 Å². The molecule has 0 bridgehead atoms. The number of aliphatic hydroxyl groups excluding tert-OH is 1. The van der Waals surface area contributed by atoms with E-state index in [1.807, 2.05) is 11.0 Å². The zero-order valence-corrected chi connectivity index (χ0v) is 14.3. The highest BCUT2D eigenvalue weighted by atomic mass is 16.3. The van der Waals surface area contributed by atoms with Crippen LogP contribution >= 0.6 is 0 Å². The number of aromatic nitrogens is 1. The number of amides is 1. The monoisotopic (exact) mass is 320 g/mol. The SMILES string of the molecule is CNc1ncccc1C(=O)N1CCN(CC(C)C)C(CCO)C1. The Hall–Kier alpha value is -1.66. The van der Waals surface area contributed by atoms with Crippen molar-refractivity contribution in [2.75, 3.05) is 45.2 Å². The third-order valence-corrected chi connectivity index (χ3v) is 4.23. The molecule has 128 valence electrons. The van der Waals surface area contributed by atoms with Crippen LogP contribution in [0.4, 0.5) is 5.82 Å². The average molecular weight is 320 g/mol. The van der Waals surface area contributed by atoms with Gasteiger partial charge in [-0.1, -0.05) is 13.8 Å². The molecule has 1 aliphatic heterocycles. The highest BCUT2D eigenvalue weighted by Gasteiger charge is 2.30. The molecule has 6 nitrogen and oxygen atoms in total. The van der Waals surface area contributed by atoms with Gasteiger partial charge in [-0.3, -0.25) is 9.69 Å². The summed E-state index contributed by atoms with van der Waals surface area (Å²) >= 11 is 0. The minimum Gasteiger partial charge on any atom is -0.396 e. The first-order valence-corrected chi connectivity index (χ1v) is 8.33.